The van der Waals surface area contributed by atoms with Gasteiger partial charge in [0.05, 0.1) is 17.1 Å². The number of carbonyl (C=O) groups excluding carboxylic acids is 1. The minimum Gasteiger partial charge on any atom is -0.504 e. The van der Waals surface area contributed by atoms with Gasteiger partial charge in [0.2, 0.25) is 5.91 Å². The van der Waals surface area contributed by atoms with Crippen molar-refractivity contribution in [2.24, 2.45) is 5.92 Å². The van der Waals surface area contributed by atoms with Crippen LogP contribution in [0.25, 0.3) is 0 Å². The van der Waals surface area contributed by atoms with E-state index in [4.69, 9.17) is 4.74 Å². The first-order chi connectivity index (χ1) is 14.0. The minimum atomic E-state index is -0.910. The van der Waals surface area contributed by atoms with Crippen molar-refractivity contribution in [1.82, 2.24) is 10.2 Å². The number of phenols is 1. The van der Waals surface area contributed by atoms with E-state index in [1.807, 2.05) is 6.07 Å². The number of carbonyl (C=O) groups is 1. The number of likely N-dealkylation sites (tertiary alicyclic amines) is 1. The third-order valence-corrected chi connectivity index (χ3v) is 8.28. The summed E-state index contributed by atoms with van der Waals surface area (Å²) in [5.41, 5.74) is 0.666. The van der Waals surface area contributed by atoms with Crippen molar-refractivity contribution in [3.8, 4) is 11.5 Å². The molecule has 2 aliphatic heterocycles. The van der Waals surface area contributed by atoms with Crippen LogP contribution in [0.1, 0.15) is 43.2 Å². The Bertz CT molecular complexity index is 912. The van der Waals surface area contributed by atoms with Gasteiger partial charge in [-0.2, -0.15) is 0 Å². The van der Waals surface area contributed by atoms with Crippen LogP contribution in [0.15, 0.2) is 24.8 Å². The smallest absolute Gasteiger partial charge is 0.243 e. The molecule has 2 bridgehead atoms. The fourth-order valence-corrected chi connectivity index (χ4v) is 6.87. The molecule has 3 N–H and O–H groups in total. The van der Waals surface area contributed by atoms with Crippen LogP contribution in [0.2, 0.25) is 0 Å². The molecule has 5 atom stereocenters. The second kappa shape index (κ2) is 5.76. The van der Waals surface area contributed by atoms with Crippen molar-refractivity contribution in [3.63, 3.8) is 0 Å². The van der Waals surface area contributed by atoms with Gasteiger partial charge in [-0.3, -0.25) is 9.69 Å². The zero-order chi connectivity index (χ0) is 20.0. The Hall–Kier alpha value is -2.05. The zero-order valence-electron chi connectivity index (χ0n) is 16.6. The fourth-order valence-electron chi connectivity index (χ4n) is 6.87. The molecule has 1 amide bonds. The number of piperidine rings is 1. The number of hydrogen-bond acceptors (Lipinski definition) is 5. The predicted octanol–water partition coefficient (Wildman–Crippen LogP) is 1.63. The molecule has 6 nitrogen and oxygen atoms in total. The predicted molar refractivity (Wildman–Crippen MR) is 107 cm³/mol. The Kier molecular flexibility index (Phi) is 3.53. The van der Waals surface area contributed by atoms with Gasteiger partial charge in [-0.1, -0.05) is 12.6 Å². The summed E-state index contributed by atoms with van der Waals surface area (Å²) in [7, 11) is 0. The highest BCUT2D eigenvalue weighted by atomic mass is 16.5. The molecule has 0 radical (unpaired) electrons. The van der Waals surface area contributed by atoms with E-state index >= 15 is 0 Å². The van der Waals surface area contributed by atoms with Gasteiger partial charge in [-0.05, 0) is 68.7 Å². The van der Waals surface area contributed by atoms with Crippen LogP contribution in [0.3, 0.4) is 0 Å². The standard InChI is InChI=1S/C23H28N2O4/c1-2-18(27)24-15-7-8-23(28)17-11-14-5-6-16(26)20-19(14)22(23,21(15)29-20)9-10-25(17)12-13-3-4-13/h2,5-6,13,15,17,21,26,28H,1,3-4,7-12H2,(H,24,27)/t15-,17?,21+,22?,23?/m1/s1. The molecular formula is C23H28N2O4. The summed E-state index contributed by atoms with van der Waals surface area (Å²) in [6.07, 6.45) is 6.33. The van der Waals surface area contributed by atoms with E-state index in [1.165, 1.54) is 24.5 Å². The Morgan fingerprint density at radius 3 is 2.93 bits per heavy atom. The number of phenolic OH excluding ortho intramolecular Hbond substituents is 1. The van der Waals surface area contributed by atoms with Gasteiger partial charge in [0, 0.05) is 18.2 Å². The van der Waals surface area contributed by atoms with E-state index in [9.17, 15) is 15.0 Å². The SMILES string of the molecule is C=CC(=O)N[C@@H]1CCC2(O)C3Cc4ccc(O)c5c4C2(CCN3CC2CC2)[C@H]1O5. The summed E-state index contributed by atoms with van der Waals surface area (Å²) in [4.78, 5) is 14.6. The average Bonchev–Trinajstić information content (AvgIpc) is 3.44. The largest absolute Gasteiger partial charge is 0.504 e. The lowest BCUT2D eigenvalue weighted by molar-refractivity contribution is -0.192. The van der Waals surface area contributed by atoms with Crippen LogP contribution >= 0.6 is 0 Å². The Labute approximate surface area is 170 Å². The molecule has 1 aromatic rings. The molecule has 2 saturated carbocycles. The summed E-state index contributed by atoms with van der Waals surface area (Å²) in [6.45, 7) is 5.55. The van der Waals surface area contributed by atoms with E-state index < -0.39 is 11.0 Å². The van der Waals surface area contributed by atoms with E-state index in [-0.39, 0.29) is 29.8 Å². The van der Waals surface area contributed by atoms with Crippen LogP contribution < -0.4 is 10.1 Å². The fraction of sp³-hybridized carbons (Fsp3) is 0.609. The highest BCUT2D eigenvalue weighted by Gasteiger charge is 2.73. The molecule has 6 rings (SSSR count). The summed E-state index contributed by atoms with van der Waals surface area (Å²) in [5.74, 6) is 1.19. The molecule has 29 heavy (non-hydrogen) atoms. The second-order valence-electron chi connectivity index (χ2n) is 9.65. The van der Waals surface area contributed by atoms with Gasteiger partial charge in [0.25, 0.3) is 0 Å². The molecule has 3 aliphatic carbocycles. The van der Waals surface area contributed by atoms with Gasteiger partial charge in [0.15, 0.2) is 11.5 Å². The normalized spacial score (nSPS) is 39.4. The summed E-state index contributed by atoms with van der Waals surface area (Å²) in [6, 6.07) is 3.56. The number of aliphatic hydroxyl groups is 1. The number of nitrogens with one attached hydrogen (secondary N) is 1. The van der Waals surface area contributed by atoms with Crippen molar-refractivity contribution in [2.75, 3.05) is 13.1 Å². The summed E-state index contributed by atoms with van der Waals surface area (Å²) >= 11 is 0. The first-order valence-electron chi connectivity index (χ1n) is 10.9. The Morgan fingerprint density at radius 1 is 1.34 bits per heavy atom. The van der Waals surface area contributed by atoms with Gasteiger partial charge in [-0.15, -0.1) is 0 Å². The maximum Gasteiger partial charge on any atom is 0.243 e. The van der Waals surface area contributed by atoms with E-state index in [1.54, 1.807) is 6.07 Å². The molecule has 5 aliphatic rings. The Morgan fingerprint density at radius 2 is 2.17 bits per heavy atom. The van der Waals surface area contributed by atoms with Crippen LogP contribution in [-0.4, -0.2) is 57.9 Å². The molecule has 154 valence electrons. The van der Waals surface area contributed by atoms with Crippen LogP contribution in [0.5, 0.6) is 11.5 Å². The number of aromatic hydroxyl groups is 1. The van der Waals surface area contributed by atoms with Gasteiger partial charge < -0.3 is 20.3 Å². The number of nitrogens with zero attached hydrogens (tertiary/aromatic N) is 1. The topological polar surface area (TPSA) is 82.0 Å². The first kappa shape index (κ1) is 17.8. The molecule has 1 spiro atoms. The van der Waals surface area contributed by atoms with Gasteiger partial charge >= 0.3 is 0 Å². The molecule has 2 heterocycles. The summed E-state index contributed by atoms with van der Waals surface area (Å²) < 4.78 is 6.38. The molecule has 0 aromatic heterocycles. The van der Waals surface area contributed by atoms with Gasteiger partial charge in [-0.25, -0.2) is 0 Å². The third-order valence-electron chi connectivity index (χ3n) is 8.28. The lowest BCUT2D eigenvalue weighted by Gasteiger charge is -2.64. The maximum atomic E-state index is 12.3. The zero-order valence-corrected chi connectivity index (χ0v) is 16.6. The molecule has 3 unspecified atom stereocenters. The van der Waals surface area contributed by atoms with Crippen LogP contribution in [0, 0.1) is 5.92 Å². The lowest BCUT2D eigenvalue weighted by Crippen LogP contribution is -2.78. The van der Waals surface area contributed by atoms with E-state index in [2.05, 4.69) is 16.8 Å². The van der Waals surface area contributed by atoms with E-state index in [0.717, 1.165) is 37.4 Å². The average molecular weight is 396 g/mol. The molecule has 3 fully saturated rings. The molecule has 1 aromatic carbocycles. The number of rotatable bonds is 4. The maximum absolute atomic E-state index is 12.3. The first-order valence-corrected chi connectivity index (χ1v) is 10.9. The number of amides is 1. The quantitative estimate of drug-likeness (QED) is 0.674. The molecular weight excluding hydrogens is 368 g/mol. The highest BCUT2D eigenvalue weighted by molar-refractivity contribution is 5.87. The van der Waals surface area contributed by atoms with Crippen molar-refractivity contribution < 1.29 is 19.7 Å². The van der Waals surface area contributed by atoms with Crippen molar-refractivity contribution in [1.29, 1.82) is 0 Å². The van der Waals surface area contributed by atoms with Crippen LogP contribution in [0.4, 0.5) is 0 Å². The molecule has 6 heteroatoms. The number of benzene rings is 1. The number of hydrogen-bond donors (Lipinski definition) is 3. The second-order valence-corrected chi connectivity index (χ2v) is 9.65. The third kappa shape index (κ3) is 2.16. The summed E-state index contributed by atoms with van der Waals surface area (Å²) in [5, 5.41) is 25.9. The number of ether oxygens (including phenoxy) is 1. The van der Waals surface area contributed by atoms with Crippen molar-refractivity contribution in [2.45, 2.75) is 67.7 Å². The van der Waals surface area contributed by atoms with Crippen molar-refractivity contribution >= 4 is 5.91 Å². The van der Waals surface area contributed by atoms with Gasteiger partial charge in [0.1, 0.15) is 6.10 Å². The Balaban J connectivity index is 1.50. The van der Waals surface area contributed by atoms with E-state index in [0.29, 0.717) is 18.6 Å². The lowest BCUT2D eigenvalue weighted by atomic mass is 9.48. The van der Waals surface area contributed by atoms with Crippen molar-refractivity contribution in [3.05, 3.63) is 35.9 Å². The van der Waals surface area contributed by atoms with Crippen LogP contribution in [-0.2, 0) is 16.6 Å². The molecule has 1 saturated heterocycles. The highest BCUT2D eigenvalue weighted by Crippen LogP contribution is 2.65. The monoisotopic (exact) mass is 396 g/mol. The minimum absolute atomic E-state index is 0.0574.